The van der Waals surface area contributed by atoms with Crippen LogP contribution in [0.2, 0.25) is 4.44 Å². The van der Waals surface area contributed by atoms with E-state index in [9.17, 15) is 0 Å². The molecule has 0 aromatic carbocycles. The van der Waals surface area contributed by atoms with Crippen molar-refractivity contribution in [2.24, 2.45) is 0 Å². The van der Waals surface area contributed by atoms with Gasteiger partial charge in [0.15, 0.2) is 0 Å². The zero-order chi connectivity index (χ0) is 6.62. The van der Waals surface area contributed by atoms with Crippen molar-refractivity contribution < 1.29 is 0 Å². The van der Waals surface area contributed by atoms with Crippen molar-refractivity contribution in [3.8, 4) is 0 Å². The molecule has 0 spiro atoms. The first kappa shape index (κ1) is 9.41. The number of halogens is 3. The summed E-state index contributed by atoms with van der Waals surface area (Å²) in [4.78, 5) is 0. The molecule has 0 unspecified atom stereocenters. The Kier molecular flexibility index (Phi) is 5.01. The van der Waals surface area contributed by atoms with Gasteiger partial charge in [0.2, 0.25) is 0 Å². The standard InChI is InChI=1S/C4H7.3ClH.Sn/c1-3-4-2;;;;/h3-4H,1H2,2H3;3*1H;/q;;;;+3/p-3/b4-3-;;;;. The monoisotopic (exact) mass is 280 g/mol. The second-order valence-electron chi connectivity index (χ2n) is 1.39. The summed E-state index contributed by atoms with van der Waals surface area (Å²) in [7, 11) is 16.8. The van der Waals surface area contributed by atoms with Gasteiger partial charge < -0.3 is 0 Å². The molecule has 0 rings (SSSR count). The Hall–Kier alpha value is 1.41. The fourth-order valence-electron chi connectivity index (χ4n) is 0.251. The second kappa shape index (κ2) is 4.26. The molecule has 0 aliphatic rings. The molecule has 0 heterocycles. The van der Waals surface area contributed by atoms with Gasteiger partial charge in [0.05, 0.1) is 0 Å². The fourth-order valence-corrected chi connectivity index (χ4v) is 3.48. The number of hydrogen-bond acceptors (Lipinski definition) is 0. The number of allylic oxidation sites excluding steroid dienone is 2. The second-order valence-corrected chi connectivity index (χ2v) is 22.9. The van der Waals surface area contributed by atoms with Gasteiger partial charge in [-0.15, -0.1) is 0 Å². The fraction of sp³-hybridized carbons (Fsp3) is 0.500. The molecule has 0 aromatic heterocycles. The molecule has 0 aliphatic carbocycles. The van der Waals surface area contributed by atoms with Gasteiger partial charge in [-0.05, 0) is 0 Å². The van der Waals surface area contributed by atoms with Gasteiger partial charge in [0.25, 0.3) is 0 Å². The summed E-state index contributed by atoms with van der Waals surface area (Å²) in [5, 5.41) is 0. The van der Waals surface area contributed by atoms with E-state index in [4.69, 9.17) is 26.8 Å². The molecule has 0 saturated carbocycles. The molecule has 8 heavy (non-hydrogen) atoms. The van der Waals surface area contributed by atoms with Gasteiger partial charge in [-0.2, -0.15) is 0 Å². The van der Waals surface area contributed by atoms with Gasteiger partial charge in [0.1, 0.15) is 0 Å². The minimum absolute atomic E-state index is 0.690. The van der Waals surface area contributed by atoms with E-state index in [1.54, 1.807) is 0 Å². The Morgan fingerprint density at radius 3 is 2.00 bits per heavy atom. The summed E-state index contributed by atoms with van der Waals surface area (Å²) in [6, 6.07) is 0. The molecule has 48 valence electrons. The van der Waals surface area contributed by atoms with Crippen molar-refractivity contribution in [2.75, 3.05) is 0 Å². The zero-order valence-corrected chi connectivity index (χ0v) is 9.62. The summed E-state index contributed by atoms with van der Waals surface area (Å²) in [6.45, 7) is 1.92. The molecule has 0 radical (unpaired) electrons. The zero-order valence-electron chi connectivity index (χ0n) is 4.50. The van der Waals surface area contributed by atoms with E-state index in [2.05, 4.69) is 0 Å². The van der Waals surface area contributed by atoms with Crippen molar-refractivity contribution in [3.63, 3.8) is 0 Å². The Morgan fingerprint density at radius 1 is 1.38 bits per heavy atom. The molecule has 0 N–H and O–H groups in total. The summed E-state index contributed by atoms with van der Waals surface area (Å²) < 4.78 is 0.690. The van der Waals surface area contributed by atoms with Gasteiger partial charge >= 0.3 is 65.3 Å². The summed E-state index contributed by atoms with van der Waals surface area (Å²) in [5.74, 6) is 0. The molecule has 0 nitrogen and oxygen atoms in total. The van der Waals surface area contributed by atoms with Crippen LogP contribution in [0.15, 0.2) is 12.2 Å². The Labute approximate surface area is 64.8 Å². The van der Waals surface area contributed by atoms with E-state index >= 15 is 0 Å². The van der Waals surface area contributed by atoms with Crippen LogP contribution in [0, 0.1) is 0 Å². The molecule has 0 atom stereocenters. The maximum absolute atomic E-state index is 5.60. The molecule has 0 fully saturated rings. The van der Waals surface area contributed by atoms with Crippen molar-refractivity contribution in [3.05, 3.63) is 12.2 Å². The van der Waals surface area contributed by atoms with Crippen molar-refractivity contribution >= 4 is 41.8 Å². The van der Waals surface area contributed by atoms with Crippen LogP contribution in [0.25, 0.3) is 0 Å². The molecule has 0 aromatic rings. The molecule has 0 bridgehead atoms. The first-order chi connectivity index (χ1) is 3.56. The van der Waals surface area contributed by atoms with Crippen LogP contribution < -0.4 is 0 Å². The third-order valence-corrected chi connectivity index (χ3v) is 5.68. The summed E-state index contributed by atoms with van der Waals surface area (Å²) in [6.07, 6.45) is 3.81. The summed E-state index contributed by atoms with van der Waals surface area (Å²) >= 11 is -2.98. The third-order valence-electron chi connectivity index (χ3n) is 0.585. The predicted octanol–water partition coefficient (Wildman–Crippen LogP) is 3.22. The molecule has 0 saturated heterocycles. The van der Waals surface area contributed by atoms with Gasteiger partial charge in [-0.3, -0.25) is 0 Å². The van der Waals surface area contributed by atoms with Crippen LogP contribution in [0.1, 0.15) is 6.92 Å². The SMILES string of the molecule is C/C=C\[CH2][Sn]([Cl])([Cl])[Cl]. The first-order valence-electron chi connectivity index (χ1n) is 2.24. The molecular formula is C4H7Cl3Sn. The van der Waals surface area contributed by atoms with E-state index < -0.39 is 15.0 Å². The van der Waals surface area contributed by atoms with Crippen molar-refractivity contribution in [2.45, 2.75) is 11.4 Å². The van der Waals surface area contributed by atoms with Crippen LogP contribution in [-0.4, -0.2) is 15.0 Å². The van der Waals surface area contributed by atoms with Gasteiger partial charge in [0, 0.05) is 0 Å². The Morgan fingerprint density at radius 2 is 1.88 bits per heavy atom. The molecule has 0 aliphatic heterocycles. The number of rotatable bonds is 2. The normalized spacial score (nSPS) is 13.0. The topological polar surface area (TPSA) is 0 Å². The molecular weight excluding hydrogens is 273 g/mol. The maximum atomic E-state index is 5.60. The van der Waals surface area contributed by atoms with E-state index in [0.29, 0.717) is 4.44 Å². The van der Waals surface area contributed by atoms with Crippen molar-refractivity contribution in [1.29, 1.82) is 0 Å². The van der Waals surface area contributed by atoms with E-state index in [-0.39, 0.29) is 0 Å². The van der Waals surface area contributed by atoms with E-state index in [1.807, 2.05) is 19.1 Å². The molecule has 4 heteroatoms. The quantitative estimate of drug-likeness (QED) is 0.538. The average Bonchev–Trinajstić information content (AvgIpc) is 1.59. The van der Waals surface area contributed by atoms with Crippen LogP contribution in [0.4, 0.5) is 0 Å². The minimum atomic E-state index is -2.98. The summed E-state index contributed by atoms with van der Waals surface area (Å²) in [5.41, 5.74) is 0. The van der Waals surface area contributed by atoms with Gasteiger partial charge in [-0.1, -0.05) is 0 Å². The van der Waals surface area contributed by atoms with E-state index in [1.165, 1.54) is 0 Å². The van der Waals surface area contributed by atoms with E-state index in [0.717, 1.165) is 0 Å². The van der Waals surface area contributed by atoms with Crippen LogP contribution in [0.3, 0.4) is 0 Å². The van der Waals surface area contributed by atoms with Crippen LogP contribution >= 0.6 is 26.8 Å². The first-order valence-corrected chi connectivity index (χ1v) is 15.1. The van der Waals surface area contributed by atoms with Gasteiger partial charge in [-0.25, -0.2) is 0 Å². The van der Waals surface area contributed by atoms with Crippen LogP contribution in [0.5, 0.6) is 0 Å². The average molecular weight is 280 g/mol. The predicted molar refractivity (Wildman–Crippen MR) is 42.9 cm³/mol. The Balaban J connectivity index is 3.39. The number of hydrogen-bond donors (Lipinski definition) is 0. The molecule has 0 amide bonds. The van der Waals surface area contributed by atoms with Crippen molar-refractivity contribution in [1.82, 2.24) is 0 Å². The Bertz CT molecular complexity index is 83.8. The van der Waals surface area contributed by atoms with Crippen LogP contribution in [-0.2, 0) is 0 Å². The third kappa shape index (κ3) is 7.41.